The third-order valence-corrected chi connectivity index (χ3v) is 4.94. The van der Waals surface area contributed by atoms with Crippen molar-refractivity contribution in [3.8, 4) is 0 Å². The van der Waals surface area contributed by atoms with Crippen LogP contribution in [0, 0.1) is 5.92 Å². The number of rotatable bonds is 4. The quantitative estimate of drug-likeness (QED) is 0.919. The zero-order chi connectivity index (χ0) is 14.5. The highest BCUT2D eigenvalue weighted by Gasteiger charge is 2.22. The monoisotopic (exact) mass is 309 g/mol. The topological polar surface area (TPSA) is 44.8 Å². The van der Waals surface area contributed by atoms with Crippen LogP contribution in [0.2, 0.25) is 0 Å². The summed E-state index contributed by atoms with van der Waals surface area (Å²) >= 11 is 1.74. The zero-order valence-corrected chi connectivity index (χ0v) is 13.1. The molecule has 0 bridgehead atoms. The van der Waals surface area contributed by atoms with E-state index in [-0.39, 0.29) is 6.03 Å². The minimum Gasteiger partial charge on any atom is -0.381 e. The molecule has 0 radical (unpaired) electrons. The van der Waals surface area contributed by atoms with Crippen LogP contribution in [0.1, 0.15) is 12.0 Å². The summed E-state index contributed by atoms with van der Waals surface area (Å²) in [6, 6.07) is 2.25. The van der Waals surface area contributed by atoms with Crippen LogP contribution < -0.4 is 5.32 Å². The molecule has 116 valence electrons. The fourth-order valence-electron chi connectivity index (χ4n) is 2.84. The van der Waals surface area contributed by atoms with Crippen molar-refractivity contribution in [1.82, 2.24) is 15.1 Å². The Morgan fingerprint density at radius 2 is 2.24 bits per heavy atom. The fourth-order valence-corrected chi connectivity index (χ4v) is 3.50. The van der Waals surface area contributed by atoms with Crippen molar-refractivity contribution >= 4 is 17.4 Å². The third kappa shape index (κ3) is 4.18. The summed E-state index contributed by atoms with van der Waals surface area (Å²) in [6.45, 7) is 6.91. The Hall–Kier alpha value is -1.11. The van der Waals surface area contributed by atoms with Crippen LogP contribution in [0.4, 0.5) is 4.79 Å². The summed E-state index contributed by atoms with van der Waals surface area (Å²) in [4.78, 5) is 16.5. The van der Waals surface area contributed by atoms with Gasteiger partial charge in [-0.3, -0.25) is 4.90 Å². The molecule has 2 aliphatic heterocycles. The summed E-state index contributed by atoms with van der Waals surface area (Å²) in [5.74, 6) is 0.494. The Morgan fingerprint density at radius 3 is 2.90 bits per heavy atom. The van der Waals surface area contributed by atoms with E-state index in [9.17, 15) is 4.79 Å². The number of nitrogens with zero attached hydrogens (tertiary/aromatic N) is 2. The van der Waals surface area contributed by atoms with Crippen molar-refractivity contribution in [2.75, 3.05) is 45.9 Å². The first-order chi connectivity index (χ1) is 10.3. The largest absolute Gasteiger partial charge is 0.381 e. The van der Waals surface area contributed by atoms with Crippen molar-refractivity contribution in [3.05, 3.63) is 22.4 Å². The Labute approximate surface area is 129 Å². The number of hydrogen-bond acceptors (Lipinski definition) is 4. The zero-order valence-electron chi connectivity index (χ0n) is 12.3. The van der Waals surface area contributed by atoms with Gasteiger partial charge in [0.2, 0.25) is 0 Å². The van der Waals surface area contributed by atoms with Gasteiger partial charge in [-0.25, -0.2) is 4.79 Å². The van der Waals surface area contributed by atoms with Crippen molar-refractivity contribution in [3.63, 3.8) is 0 Å². The van der Waals surface area contributed by atoms with E-state index in [0.717, 1.165) is 58.9 Å². The Morgan fingerprint density at radius 1 is 1.38 bits per heavy atom. The van der Waals surface area contributed by atoms with Gasteiger partial charge >= 0.3 is 6.03 Å². The van der Waals surface area contributed by atoms with E-state index < -0.39 is 0 Å². The number of urea groups is 1. The molecule has 1 aromatic rings. The van der Waals surface area contributed by atoms with Crippen LogP contribution >= 0.6 is 11.3 Å². The molecular formula is C15H23N3O2S. The van der Waals surface area contributed by atoms with E-state index in [4.69, 9.17) is 4.74 Å². The smallest absolute Gasteiger partial charge is 0.317 e. The normalized spacial score (nSPS) is 23.4. The average molecular weight is 309 g/mol. The number of thiophene rings is 1. The van der Waals surface area contributed by atoms with Crippen molar-refractivity contribution in [2.45, 2.75) is 13.0 Å². The van der Waals surface area contributed by atoms with Crippen LogP contribution in [0.15, 0.2) is 16.8 Å². The lowest BCUT2D eigenvalue weighted by Crippen LogP contribution is -2.52. The molecule has 5 nitrogen and oxygen atoms in total. The summed E-state index contributed by atoms with van der Waals surface area (Å²) in [7, 11) is 0. The van der Waals surface area contributed by atoms with E-state index in [1.54, 1.807) is 11.3 Å². The molecule has 1 atom stereocenters. The SMILES string of the molecule is O=C(NCC1CCOC1)N1CCN(Cc2ccsc2)CC1. The average Bonchev–Trinajstić information content (AvgIpc) is 3.19. The molecule has 0 aromatic carbocycles. The first-order valence-electron chi connectivity index (χ1n) is 7.65. The first-order valence-corrected chi connectivity index (χ1v) is 8.59. The number of nitrogens with one attached hydrogen (secondary N) is 1. The Bertz CT molecular complexity index is 438. The third-order valence-electron chi connectivity index (χ3n) is 4.21. The van der Waals surface area contributed by atoms with Gasteiger partial charge in [0, 0.05) is 51.8 Å². The Balaban J connectivity index is 1.37. The molecule has 2 aliphatic rings. The lowest BCUT2D eigenvalue weighted by Gasteiger charge is -2.34. The molecule has 3 heterocycles. The van der Waals surface area contributed by atoms with Gasteiger partial charge in [0.05, 0.1) is 6.61 Å². The van der Waals surface area contributed by atoms with E-state index in [2.05, 4.69) is 27.0 Å². The predicted octanol–water partition coefficient (Wildman–Crippen LogP) is 1.61. The van der Waals surface area contributed by atoms with Crippen LogP contribution in [0.25, 0.3) is 0 Å². The van der Waals surface area contributed by atoms with Gasteiger partial charge in [0.25, 0.3) is 0 Å². The molecule has 0 saturated carbocycles. The summed E-state index contributed by atoms with van der Waals surface area (Å²) < 4.78 is 5.33. The highest BCUT2D eigenvalue weighted by atomic mass is 32.1. The highest BCUT2D eigenvalue weighted by Crippen LogP contribution is 2.13. The van der Waals surface area contributed by atoms with E-state index in [1.165, 1.54) is 5.56 Å². The fraction of sp³-hybridized carbons (Fsp3) is 0.667. The van der Waals surface area contributed by atoms with Crippen LogP contribution in [0.5, 0.6) is 0 Å². The van der Waals surface area contributed by atoms with E-state index in [1.807, 2.05) is 4.90 Å². The maximum atomic E-state index is 12.1. The molecular weight excluding hydrogens is 286 g/mol. The maximum absolute atomic E-state index is 12.1. The van der Waals surface area contributed by atoms with Gasteiger partial charge in [0.15, 0.2) is 0 Å². The number of hydrogen-bond donors (Lipinski definition) is 1. The number of ether oxygens (including phenoxy) is 1. The number of carbonyl (C=O) groups excluding carboxylic acids is 1. The minimum absolute atomic E-state index is 0.0806. The molecule has 3 rings (SSSR count). The maximum Gasteiger partial charge on any atom is 0.317 e. The van der Waals surface area contributed by atoms with Crippen molar-refractivity contribution in [2.24, 2.45) is 5.92 Å². The highest BCUT2D eigenvalue weighted by molar-refractivity contribution is 7.07. The molecule has 0 aliphatic carbocycles. The molecule has 6 heteroatoms. The van der Waals surface area contributed by atoms with Gasteiger partial charge in [-0.1, -0.05) is 0 Å². The molecule has 1 N–H and O–H groups in total. The van der Waals surface area contributed by atoms with Crippen LogP contribution in [-0.2, 0) is 11.3 Å². The number of carbonyl (C=O) groups is 1. The predicted molar refractivity (Wildman–Crippen MR) is 83.5 cm³/mol. The lowest BCUT2D eigenvalue weighted by atomic mass is 10.1. The summed E-state index contributed by atoms with van der Waals surface area (Å²) in [5.41, 5.74) is 1.37. The van der Waals surface area contributed by atoms with Gasteiger partial charge in [-0.2, -0.15) is 11.3 Å². The molecule has 1 aromatic heterocycles. The second-order valence-corrected chi connectivity index (χ2v) is 6.59. The second-order valence-electron chi connectivity index (χ2n) is 5.81. The molecule has 0 spiro atoms. The number of piperazine rings is 1. The number of amides is 2. The minimum atomic E-state index is 0.0806. The first kappa shape index (κ1) is 14.8. The van der Waals surface area contributed by atoms with Crippen molar-refractivity contribution in [1.29, 1.82) is 0 Å². The molecule has 2 amide bonds. The van der Waals surface area contributed by atoms with E-state index >= 15 is 0 Å². The van der Waals surface area contributed by atoms with Crippen LogP contribution in [-0.4, -0.2) is 61.8 Å². The van der Waals surface area contributed by atoms with Gasteiger partial charge in [-0.15, -0.1) is 0 Å². The summed E-state index contributed by atoms with van der Waals surface area (Å²) in [5, 5.41) is 7.36. The van der Waals surface area contributed by atoms with Crippen molar-refractivity contribution < 1.29 is 9.53 Å². The molecule has 2 saturated heterocycles. The second kappa shape index (κ2) is 7.24. The summed E-state index contributed by atoms with van der Waals surface area (Å²) in [6.07, 6.45) is 1.06. The standard InChI is InChI=1S/C15H23N3O2S/c19-15(16-9-13-1-7-20-11-13)18-5-3-17(4-6-18)10-14-2-8-21-12-14/h2,8,12-13H,1,3-7,9-11H2,(H,16,19). The van der Waals surface area contributed by atoms with Gasteiger partial charge < -0.3 is 15.0 Å². The molecule has 2 fully saturated rings. The van der Waals surface area contributed by atoms with Gasteiger partial charge in [0.1, 0.15) is 0 Å². The lowest BCUT2D eigenvalue weighted by molar-refractivity contribution is 0.134. The molecule has 1 unspecified atom stereocenters. The molecule has 21 heavy (non-hydrogen) atoms. The Kier molecular flexibility index (Phi) is 5.11. The van der Waals surface area contributed by atoms with Gasteiger partial charge in [-0.05, 0) is 28.8 Å². The van der Waals surface area contributed by atoms with E-state index in [0.29, 0.717) is 5.92 Å². The van der Waals surface area contributed by atoms with Crippen LogP contribution in [0.3, 0.4) is 0 Å².